The van der Waals surface area contributed by atoms with Gasteiger partial charge in [0.05, 0.1) is 12.2 Å². The van der Waals surface area contributed by atoms with Crippen LogP contribution in [0.2, 0.25) is 0 Å². The molecule has 0 aliphatic carbocycles. The summed E-state index contributed by atoms with van der Waals surface area (Å²) in [5, 5.41) is 4.45. The van der Waals surface area contributed by atoms with E-state index in [9.17, 15) is 0 Å². The van der Waals surface area contributed by atoms with Gasteiger partial charge in [-0.05, 0) is 55.4 Å². The fourth-order valence-electron chi connectivity index (χ4n) is 2.32. The van der Waals surface area contributed by atoms with Crippen molar-refractivity contribution in [2.24, 2.45) is 0 Å². The van der Waals surface area contributed by atoms with Crippen molar-refractivity contribution in [3.63, 3.8) is 0 Å². The Morgan fingerprint density at radius 2 is 2.04 bits per heavy atom. The second kappa shape index (κ2) is 7.74. The van der Waals surface area contributed by atoms with E-state index in [0.29, 0.717) is 17.4 Å². The Labute approximate surface area is 150 Å². The van der Waals surface area contributed by atoms with Crippen LogP contribution in [0, 0.1) is 4.84 Å². The molecule has 5 nitrogen and oxygen atoms in total. The molecule has 0 unspecified atom stereocenters. The molecule has 1 aromatic carbocycles. The molecule has 7 heteroatoms. The third-order valence-corrected chi connectivity index (χ3v) is 4.54. The zero-order valence-corrected chi connectivity index (χ0v) is 15.2. The first kappa shape index (κ1) is 16.9. The highest BCUT2D eigenvalue weighted by atomic mass is 32.2. The Hall–Kier alpha value is -1.96. The van der Waals surface area contributed by atoms with Crippen LogP contribution in [-0.2, 0) is 13.2 Å². The van der Waals surface area contributed by atoms with Crippen LogP contribution in [0.3, 0.4) is 0 Å². The molecule has 0 fully saturated rings. The predicted molar refractivity (Wildman–Crippen MR) is 98.2 cm³/mol. The summed E-state index contributed by atoms with van der Waals surface area (Å²) in [5.74, 6) is 0.492. The molecular formula is C17H18N4OS2. The van der Waals surface area contributed by atoms with E-state index in [1.54, 1.807) is 28.8 Å². The van der Waals surface area contributed by atoms with E-state index in [2.05, 4.69) is 45.5 Å². The van der Waals surface area contributed by atoms with Crippen LogP contribution in [0.1, 0.15) is 5.56 Å². The van der Waals surface area contributed by atoms with Crippen molar-refractivity contribution in [3.05, 3.63) is 59.2 Å². The maximum atomic E-state index is 5.58. The highest BCUT2D eigenvalue weighted by Gasteiger charge is 2.10. The maximum Gasteiger partial charge on any atom is 0.288 e. The van der Waals surface area contributed by atoms with Gasteiger partial charge in [-0.3, -0.25) is 9.88 Å². The van der Waals surface area contributed by atoms with E-state index in [4.69, 9.17) is 16.6 Å². The van der Waals surface area contributed by atoms with Gasteiger partial charge in [-0.25, -0.2) is 4.68 Å². The first-order valence-electron chi connectivity index (χ1n) is 7.45. The van der Waals surface area contributed by atoms with Crippen LogP contribution < -0.4 is 0 Å². The topological polar surface area (TPSA) is 47.1 Å². The molecule has 2 heterocycles. The van der Waals surface area contributed by atoms with E-state index in [1.807, 2.05) is 19.2 Å². The molecule has 24 heavy (non-hydrogen) atoms. The van der Waals surface area contributed by atoms with Gasteiger partial charge in [0, 0.05) is 23.8 Å². The van der Waals surface area contributed by atoms with Crippen LogP contribution in [0.5, 0.6) is 0 Å². The molecule has 3 aromatic rings. The van der Waals surface area contributed by atoms with E-state index >= 15 is 0 Å². The zero-order valence-electron chi connectivity index (χ0n) is 13.5. The summed E-state index contributed by atoms with van der Waals surface area (Å²) in [6.45, 7) is 1.37. The molecule has 3 rings (SSSR count). The minimum Gasteiger partial charge on any atom is -0.409 e. The van der Waals surface area contributed by atoms with Crippen LogP contribution >= 0.6 is 24.0 Å². The number of nitrogens with zero attached hydrogens (tertiary/aromatic N) is 4. The molecule has 0 bridgehead atoms. The summed E-state index contributed by atoms with van der Waals surface area (Å²) in [6.07, 6.45) is 5.50. The standard InChI is InChI=1S/C17H18N4OS2/c1-20(11-13-5-7-15(24-2)8-6-13)12-21-17(23)22-16(19-21)14-4-3-9-18-10-14/h3-10H,11-12H2,1-2H3. The number of pyridine rings is 1. The van der Waals surface area contributed by atoms with E-state index in [-0.39, 0.29) is 0 Å². The Bertz CT molecular complexity index is 843. The fraction of sp³-hybridized carbons (Fsp3) is 0.235. The average molecular weight is 358 g/mol. The van der Waals surface area contributed by atoms with Gasteiger partial charge in [-0.2, -0.15) is 0 Å². The van der Waals surface area contributed by atoms with Crippen LogP contribution in [0.15, 0.2) is 58.1 Å². The van der Waals surface area contributed by atoms with Gasteiger partial charge in [0.1, 0.15) is 0 Å². The third-order valence-electron chi connectivity index (χ3n) is 3.50. The molecule has 0 saturated carbocycles. The van der Waals surface area contributed by atoms with Gasteiger partial charge in [0.15, 0.2) is 0 Å². The Kier molecular flexibility index (Phi) is 5.44. The number of thioether (sulfide) groups is 1. The van der Waals surface area contributed by atoms with Crippen molar-refractivity contribution in [2.45, 2.75) is 18.1 Å². The maximum absolute atomic E-state index is 5.58. The van der Waals surface area contributed by atoms with Crippen molar-refractivity contribution < 1.29 is 4.42 Å². The van der Waals surface area contributed by atoms with Gasteiger partial charge in [0.2, 0.25) is 5.89 Å². The quantitative estimate of drug-likeness (QED) is 0.489. The van der Waals surface area contributed by atoms with Gasteiger partial charge in [-0.1, -0.05) is 12.1 Å². The molecule has 0 aliphatic heterocycles. The normalized spacial score (nSPS) is 11.1. The smallest absolute Gasteiger partial charge is 0.288 e. The van der Waals surface area contributed by atoms with Gasteiger partial charge in [0.25, 0.3) is 4.84 Å². The molecule has 0 aliphatic rings. The van der Waals surface area contributed by atoms with E-state index < -0.39 is 0 Å². The SMILES string of the molecule is CSc1ccc(CN(C)Cn2nc(-c3cccnc3)oc2=S)cc1. The molecule has 0 N–H and O–H groups in total. The zero-order chi connectivity index (χ0) is 16.9. The minimum atomic E-state index is 0.360. The van der Waals surface area contributed by atoms with Crippen LogP contribution in [0.25, 0.3) is 11.5 Å². The number of hydrogen-bond donors (Lipinski definition) is 0. The molecule has 0 radical (unpaired) electrons. The fourth-order valence-corrected chi connectivity index (χ4v) is 2.91. The van der Waals surface area contributed by atoms with Crippen LogP contribution in [-0.4, -0.2) is 33.0 Å². The third kappa shape index (κ3) is 4.11. The van der Waals surface area contributed by atoms with E-state index in [0.717, 1.165) is 12.1 Å². The molecule has 0 atom stereocenters. The molecule has 0 amide bonds. The summed E-state index contributed by atoms with van der Waals surface area (Å²) < 4.78 is 7.27. The summed E-state index contributed by atoms with van der Waals surface area (Å²) in [7, 11) is 2.03. The van der Waals surface area contributed by atoms with Gasteiger partial charge >= 0.3 is 0 Å². The van der Waals surface area contributed by atoms with Crippen molar-refractivity contribution >= 4 is 24.0 Å². The first-order valence-corrected chi connectivity index (χ1v) is 9.09. The van der Waals surface area contributed by atoms with Gasteiger partial charge < -0.3 is 4.42 Å². The first-order chi connectivity index (χ1) is 11.7. The number of aromatic nitrogens is 3. The molecule has 0 saturated heterocycles. The number of benzene rings is 1. The van der Waals surface area contributed by atoms with Crippen molar-refractivity contribution in [1.29, 1.82) is 0 Å². The second-order valence-corrected chi connectivity index (χ2v) is 6.65. The van der Waals surface area contributed by atoms with Crippen molar-refractivity contribution in [2.75, 3.05) is 13.3 Å². The van der Waals surface area contributed by atoms with Crippen LogP contribution in [0.4, 0.5) is 0 Å². The number of rotatable bonds is 6. The molecule has 0 spiro atoms. The number of hydrogen-bond acceptors (Lipinski definition) is 6. The Morgan fingerprint density at radius 1 is 1.25 bits per heavy atom. The predicted octanol–water partition coefficient (Wildman–Crippen LogP) is 4.08. The van der Waals surface area contributed by atoms with E-state index in [1.165, 1.54) is 10.5 Å². The molecule has 124 valence electrons. The lowest BCUT2D eigenvalue weighted by molar-refractivity contribution is 0.240. The molecule has 2 aromatic heterocycles. The summed E-state index contributed by atoms with van der Waals surface area (Å²) in [5.41, 5.74) is 2.07. The highest BCUT2D eigenvalue weighted by molar-refractivity contribution is 7.98. The monoisotopic (exact) mass is 358 g/mol. The summed E-state index contributed by atoms with van der Waals surface area (Å²) in [4.78, 5) is 7.84. The average Bonchev–Trinajstić information content (AvgIpc) is 2.97. The summed E-state index contributed by atoms with van der Waals surface area (Å²) in [6, 6.07) is 12.3. The largest absolute Gasteiger partial charge is 0.409 e. The minimum absolute atomic E-state index is 0.360. The summed E-state index contributed by atoms with van der Waals surface area (Å²) >= 11 is 7.02. The lowest BCUT2D eigenvalue weighted by atomic mass is 10.2. The lowest BCUT2D eigenvalue weighted by Gasteiger charge is -2.16. The Balaban J connectivity index is 1.69. The Morgan fingerprint density at radius 3 is 2.71 bits per heavy atom. The van der Waals surface area contributed by atoms with Gasteiger partial charge in [-0.15, -0.1) is 16.9 Å². The second-order valence-electron chi connectivity index (χ2n) is 5.42. The highest BCUT2D eigenvalue weighted by Crippen LogP contribution is 2.17. The van der Waals surface area contributed by atoms with Crippen molar-refractivity contribution in [3.8, 4) is 11.5 Å². The molecular weight excluding hydrogens is 340 g/mol. The van der Waals surface area contributed by atoms with Crippen molar-refractivity contribution in [1.82, 2.24) is 19.7 Å². The lowest BCUT2D eigenvalue weighted by Crippen LogP contribution is -2.22.